The van der Waals surface area contributed by atoms with Gasteiger partial charge in [-0.3, -0.25) is 0 Å². The van der Waals surface area contributed by atoms with Crippen LogP contribution in [0.1, 0.15) is 5.56 Å². The van der Waals surface area contributed by atoms with Crippen LogP contribution in [-0.2, 0) is 20.9 Å². The monoisotopic (exact) mass is 590 g/mol. The third kappa shape index (κ3) is 14.8. The number of alkyl halides is 9. The minimum atomic E-state index is -5.08. The predicted octanol–water partition coefficient (Wildman–Crippen LogP) is 2.22. The van der Waals surface area contributed by atoms with Gasteiger partial charge in [0, 0.05) is 44.8 Å². The first-order valence-electron chi connectivity index (χ1n) is 10.3. The van der Waals surface area contributed by atoms with Crippen molar-refractivity contribution in [3.63, 3.8) is 0 Å². The second-order valence-electron chi connectivity index (χ2n) is 7.36. The number of pyridine rings is 1. The molecule has 2 aliphatic rings. The van der Waals surface area contributed by atoms with Gasteiger partial charge in [0.2, 0.25) is 5.88 Å². The number of hydrogen-bond acceptors (Lipinski definition) is 8. The molecule has 20 heteroatoms. The van der Waals surface area contributed by atoms with Crippen molar-refractivity contribution in [3.05, 3.63) is 17.7 Å². The average Bonchev–Trinajstić information content (AvgIpc) is 3.04. The van der Waals surface area contributed by atoms with Gasteiger partial charge in [0.1, 0.15) is 12.4 Å². The van der Waals surface area contributed by atoms with E-state index in [0.29, 0.717) is 6.61 Å². The van der Waals surface area contributed by atoms with Gasteiger partial charge >= 0.3 is 36.4 Å². The molecule has 3 heterocycles. The highest BCUT2D eigenvalue weighted by atomic mass is 19.4. The van der Waals surface area contributed by atoms with Crippen molar-refractivity contribution in [1.29, 1.82) is 0 Å². The first kappa shape index (κ1) is 35.5. The predicted molar refractivity (Wildman–Crippen MR) is 112 cm³/mol. The van der Waals surface area contributed by atoms with Crippen molar-refractivity contribution in [2.75, 3.05) is 51.3 Å². The molecule has 1 saturated heterocycles. The van der Waals surface area contributed by atoms with Crippen LogP contribution in [-0.4, -0.2) is 108 Å². The number of anilines is 1. The van der Waals surface area contributed by atoms with E-state index >= 15 is 0 Å². The highest BCUT2D eigenvalue weighted by Gasteiger charge is 2.39. The van der Waals surface area contributed by atoms with Crippen LogP contribution >= 0.6 is 0 Å². The fourth-order valence-electron chi connectivity index (χ4n) is 2.37. The number of hydrogen-bond donors (Lipinski definition) is 4. The van der Waals surface area contributed by atoms with Crippen LogP contribution in [0.15, 0.2) is 12.1 Å². The van der Waals surface area contributed by atoms with Crippen LogP contribution in [0, 0.1) is 0 Å². The van der Waals surface area contributed by atoms with Crippen LogP contribution in [0.5, 0.6) is 5.88 Å². The van der Waals surface area contributed by atoms with E-state index in [0.717, 1.165) is 56.5 Å². The van der Waals surface area contributed by atoms with Crippen molar-refractivity contribution in [1.82, 2.24) is 15.2 Å². The molecule has 0 aromatic carbocycles. The van der Waals surface area contributed by atoms with Crippen LogP contribution in [0.25, 0.3) is 0 Å². The van der Waals surface area contributed by atoms with Crippen LogP contribution in [0.4, 0.5) is 45.3 Å². The van der Waals surface area contributed by atoms with Gasteiger partial charge < -0.3 is 35.2 Å². The minimum absolute atomic E-state index is 0.701. The molecule has 1 fully saturated rings. The van der Waals surface area contributed by atoms with E-state index in [1.807, 2.05) is 0 Å². The Kier molecular flexibility index (Phi) is 13.8. The first-order chi connectivity index (χ1) is 17.7. The molecule has 0 atom stereocenters. The molecule has 0 unspecified atom stereocenters. The Morgan fingerprint density at radius 1 is 0.821 bits per heavy atom. The van der Waals surface area contributed by atoms with E-state index in [1.165, 1.54) is 0 Å². The highest BCUT2D eigenvalue weighted by molar-refractivity contribution is 5.73. The summed E-state index contributed by atoms with van der Waals surface area (Å²) in [5.41, 5.74) is 1.16. The molecule has 4 N–H and O–H groups in total. The van der Waals surface area contributed by atoms with E-state index in [-0.39, 0.29) is 0 Å². The molecule has 0 bridgehead atoms. The number of halogens is 9. The molecule has 224 valence electrons. The van der Waals surface area contributed by atoms with E-state index in [2.05, 4.69) is 39.3 Å². The van der Waals surface area contributed by atoms with Gasteiger partial charge in [0.05, 0.1) is 0 Å². The lowest BCUT2D eigenvalue weighted by atomic mass is 10.2. The van der Waals surface area contributed by atoms with Gasteiger partial charge in [-0.05, 0) is 19.2 Å². The molecule has 3 rings (SSSR count). The molecule has 0 aliphatic carbocycles. The van der Waals surface area contributed by atoms with Crippen LogP contribution < -0.4 is 15.0 Å². The number of aromatic nitrogens is 1. The second kappa shape index (κ2) is 15.1. The minimum Gasteiger partial charge on any atom is -0.476 e. The van der Waals surface area contributed by atoms with Gasteiger partial charge in [-0.2, -0.15) is 44.5 Å². The lowest BCUT2D eigenvalue weighted by Gasteiger charge is -2.33. The van der Waals surface area contributed by atoms with Gasteiger partial charge in [-0.15, -0.1) is 0 Å². The first-order valence-corrected chi connectivity index (χ1v) is 10.3. The van der Waals surface area contributed by atoms with E-state index in [4.69, 9.17) is 34.4 Å². The second-order valence-corrected chi connectivity index (χ2v) is 7.36. The van der Waals surface area contributed by atoms with Crippen molar-refractivity contribution in [3.8, 4) is 5.88 Å². The summed E-state index contributed by atoms with van der Waals surface area (Å²) in [4.78, 5) is 36.0. The molecular weight excluding hydrogens is 567 g/mol. The topological polar surface area (TPSA) is 153 Å². The standard InChI is InChI=1S/C13H20N4O.3C2HF3O2/c1-16-5-7-17(8-6-16)12-3-2-11-10-14-4-9-18-13(11)15-12;3*3-2(4,5)1(6)7/h2-3,14H,4-10H2,1H3;3*(H,6,7). The summed E-state index contributed by atoms with van der Waals surface area (Å²) in [5, 5.41) is 24.7. The van der Waals surface area contributed by atoms with Crippen LogP contribution in [0.2, 0.25) is 0 Å². The number of likely N-dealkylation sites (N-methyl/N-ethyl adjacent to an activating group) is 1. The Morgan fingerprint density at radius 3 is 1.62 bits per heavy atom. The van der Waals surface area contributed by atoms with Crippen molar-refractivity contribution < 1.29 is 74.0 Å². The molecule has 0 spiro atoms. The smallest absolute Gasteiger partial charge is 0.476 e. The Morgan fingerprint density at radius 2 is 1.23 bits per heavy atom. The Balaban J connectivity index is 0.000000576. The summed E-state index contributed by atoms with van der Waals surface area (Å²) in [6.07, 6.45) is -15.3. The summed E-state index contributed by atoms with van der Waals surface area (Å²) in [7, 11) is 2.16. The number of nitrogens with zero attached hydrogens (tertiary/aromatic N) is 3. The summed E-state index contributed by atoms with van der Waals surface area (Å²) in [5.74, 6) is -6.42. The number of rotatable bonds is 1. The summed E-state index contributed by atoms with van der Waals surface area (Å²) in [6, 6.07) is 4.24. The van der Waals surface area contributed by atoms with Gasteiger partial charge in [-0.25, -0.2) is 14.4 Å². The van der Waals surface area contributed by atoms with Gasteiger partial charge in [0.25, 0.3) is 0 Å². The third-order valence-corrected chi connectivity index (χ3v) is 4.31. The Bertz CT molecular complexity index is 892. The van der Waals surface area contributed by atoms with Gasteiger partial charge in [-0.1, -0.05) is 0 Å². The molecule has 1 aromatic rings. The molecule has 39 heavy (non-hydrogen) atoms. The van der Waals surface area contributed by atoms with E-state index in [9.17, 15) is 39.5 Å². The maximum Gasteiger partial charge on any atom is 0.490 e. The van der Waals surface area contributed by atoms with E-state index < -0.39 is 36.4 Å². The largest absolute Gasteiger partial charge is 0.490 e. The number of piperazine rings is 1. The number of carbonyl (C=O) groups is 3. The zero-order chi connectivity index (χ0) is 30.6. The average molecular weight is 590 g/mol. The number of ether oxygens (including phenoxy) is 1. The molecule has 0 saturated carbocycles. The molecule has 0 radical (unpaired) electrons. The lowest BCUT2D eigenvalue weighted by molar-refractivity contribution is -0.193. The Labute approximate surface area is 213 Å². The number of nitrogens with one attached hydrogen (secondary N) is 1. The number of aliphatic carboxylic acids is 3. The van der Waals surface area contributed by atoms with Crippen molar-refractivity contribution in [2.45, 2.75) is 25.1 Å². The van der Waals surface area contributed by atoms with Crippen molar-refractivity contribution in [2.24, 2.45) is 0 Å². The Hall–Kier alpha value is -3.55. The zero-order valence-corrected chi connectivity index (χ0v) is 19.8. The van der Waals surface area contributed by atoms with Crippen LogP contribution in [0.3, 0.4) is 0 Å². The molecular formula is C19H23F9N4O7. The molecule has 2 aliphatic heterocycles. The van der Waals surface area contributed by atoms with Crippen molar-refractivity contribution >= 4 is 23.7 Å². The van der Waals surface area contributed by atoms with E-state index in [1.54, 1.807) is 0 Å². The number of carboxylic acids is 3. The summed E-state index contributed by atoms with van der Waals surface area (Å²) < 4.78 is 101. The quantitative estimate of drug-likeness (QED) is 0.356. The maximum absolute atomic E-state index is 10.6. The fourth-order valence-corrected chi connectivity index (χ4v) is 2.37. The lowest BCUT2D eigenvalue weighted by Crippen LogP contribution is -2.44. The maximum atomic E-state index is 10.6. The number of carboxylic acid groups (broad SMARTS) is 3. The fraction of sp³-hybridized carbons (Fsp3) is 0.579. The summed E-state index contributed by atoms with van der Waals surface area (Å²) >= 11 is 0. The third-order valence-electron chi connectivity index (χ3n) is 4.31. The molecule has 11 nitrogen and oxygen atoms in total. The normalized spacial score (nSPS) is 15.8. The molecule has 1 aromatic heterocycles. The SMILES string of the molecule is CN1CCN(c2ccc3c(n2)OCCNC3)CC1.O=C(O)C(F)(F)F.O=C(O)C(F)(F)F.O=C(O)C(F)(F)F. The molecule has 0 amide bonds. The highest BCUT2D eigenvalue weighted by Crippen LogP contribution is 2.23. The zero-order valence-electron chi connectivity index (χ0n) is 19.8. The summed E-state index contributed by atoms with van der Waals surface area (Å²) in [6.45, 7) is 6.72. The number of fused-ring (bicyclic) bond motifs is 1. The van der Waals surface area contributed by atoms with Gasteiger partial charge in [0.15, 0.2) is 0 Å².